The number of rotatable bonds is 11. The van der Waals surface area contributed by atoms with Gasteiger partial charge in [-0.05, 0) is 0 Å². The van der Waals surface area contributed by atoms with E-state index < -0.39 is 149 Å². The first-order chi connectivity index (χ1) is 21.2. The monoisotopic (exact) mass is 682 g/mol. The van der Waals surface area contributed by atoms with E-state index in [0.29, 0.717) is 0 Å². The molecular weight excluding hydrogens is 636 g/mol. The molecule has 0 amide bonds. The average molecular weight is 683 g/mol. The smallest absolute Gasteiger partial charge is 0.224 e. The van der Waals surface area contributed by atoms with Crippen molar-refractivity contribution in [2.24, 2.45) is 0 Å². The zero-order valence-electron chi connectivity index (χ0n) is 23.5. The predicted molar refractivity (Wildman–Crippen MR) is 141 cm³/mol. The minimum absolute atomic E-state index is 0. The summed E-state index contributed by atoms with van der Waals surface area (Å²) in [6.45, 7) is -4.02. The molecule has 0 spiro atoms. The van der Waals surface area contributed by atoms with E-state index in [1.165, 1.54) is 0 Å². The van der Waals surface area contributed by atoms with Crippen molar-refractivity contribution in [1.29, 1.82) is 0 Å². The molecule has 0 aromatic carbocycles. The molecule has 0 aromatic rings. The molecule has 14 N–H and O–H groups in total. The van der Waals surface area contributed by atoms with E-state index >= 15 is 0 Å². The van der Waals surface area contributed by atoms with Crippen LogP contribution in [0.3, 0.4) is 0 Å². The van der Waals surface area contributed by atoms with E-state index in [1.807, 2.05) is 0 Å². The van der Waals surface area contributed by atoms with E-state index in [0.717, 1.165) is 0 Å². The second-order valence-corrected chi connectivity index (χ2v) is 11.3. The van der Waals surface area contributed by atoms with E-state index in [9.17, 15) is 71.5 Å². The lowest BCUT2D eigenvalue weighted by molar-refractivity contribution is -0.388. The van der Waals surface area contributed by atoms with Crippen LogP contribution in [-0.4, -0.2) is 221 Å². The third-order valence-corrected chi connectivity index (χ3v) is 8.26. The van der Waals surface area contributed by atoms with Crippen LogP contribution in [0.25, 0.3) is 0 Å². The van der Waals surface area contributed by atoms with Gasteiger partial charge in [0.2, 0.25) is 5.79 Å². The summed E-state index contributed by atoms with van der Waals surface area (Å²) >= 11 is 0. The first-order valence-corrected chi connectivity index (χ1v) is 14.1. The van der Waals surface area contributed by atoms with Crippen molar-refractivity contribution in [3.05, 3.63) is 0 Å². The lowest BCUT2D eigenvalue weighted by Crippen LogP contribution is -2.64. The minimum atomic E-state index is -2.43. The standard InChI is InChI=1S/C24H42O21.CH4/c25-1-6-10(28)14(32)17(35)21(41-6)39-3-8-11(29)15(33)18(36)22(42-8)40-4-9-12(30)16(34)19(37)23(43-9)45-24(5-27)20(38)13(31)7(2-26)44-24;/h6-23,25-38H,1-5H2;1H4. The molecule has 4 heterocycles. The number of ether oxygens (including phenoxy) is 7. The van der Waals surface area contributed by atoms with Crippen molar-refractivity contribution < 1.29 is 105 Å². The molecule has 4 fully saturated rings. The molecule has 0 aliphatic carbocycles. The fourth-order valence-corrected chi connectivity index (χ4v) is 5.39. The summed E-state index contributed by atoms with van der Waals surface area (Å²) in [6.07, 6.45) is -31.4. The second kappa shape index (κ2) is 16.2. The molecule has 21 nitrogen and oxygen atoms in total. The number of hydrogen-bond donors (Lipinski definition) is 14. The predicted octanol–water partition coefficient (Wildman–Crippen LogP) is -9.11. The van der Waals surface area contributed by atoms with Crippen LogP contribution in [0.15, 0.2) is 0 Å². The molecule has 21 heteroatoms. The van der Waals surface area contributed by atoms with Crippen molar-refractivity contribution in [2.75, 3.05) is 33.0 Å². The van der Waals surface area contributed by atoms with Gasteiger partial charge in [-0.25, -0.2) is 0 Å². The van der Waals surface area contributed by atoms with Gasteiger partial charge < -0.3 is 105 Å². The number of aliphatic hydroxyl groups is 14. The van der Waals surface area contributed by atoms with E-state index in [4.69, 9.17) is 33.2 Å². The Morgan fingerprint density at radius 3 is 1.26 bits per heavy atom. The fourth-order valence-electron chi connectivity index (χ4n) is 5.39. The topological polar surface area (TPSA) is 348 Å². The molecule has 4 aliphatic heterocycles. The zero-order valence-corrected chi connectivity index (χ0v) is 23.5. The molecule has 0 bridgehead atoms. The maximum Gasteiger partial charge on any atom is 0.224 e. The lowest BCUT2D eigenvalue weighted by Gasteiger charge is -2.45. The van der Waals surface area contributed by atoms with Crippen molar-refractivity contribution >= 4 is 0 Å². The molecule has 4 rings (SSSR count). The van der Waals surface area contributed by atoms with Gasteiger partial charge in [0.25, 0.3) is 0 Å². The van der Waals surface area contributed by atoms with Gasteiger partial charge in [-0.15, -0.1) is 0 Å². The Kier molecular flexibility index (Phi) is 14.0. The van der Waals surface area contributed by atoms with Gasteiger partial charge in [-0.1, -0.05) is 7.43 Å². The number of hydrogen-bond acceptors (Lipinski definition) is 21. The fraction of sp³-hybridized carbons (Fsp3) is 1.00. The minimum Gasteiger partial charge on any atom is -0.394 e. The van der Waals surface area contributed by atoms with Crippen molar-refractivity contribution in [2.45, 2.75) is 124 Å². The summed E-state index contributed by atoms with van der Waals surface area (Å²) in [5, 5.41) is 141. The van der Waals surface area contributed by atoms with Crippen LogP contribution in [0.1, 0.15) is 7.43 Å². The molecular formula is C25H46O21. The first-order valence-electron chi connectivity index (χ1n) is 14.1. The Labute approximate surface area is 261 Å². The van der Waals surface area contributed by atoms with E-state index in [-0.39, 0.29) is 7.43 Å². The highest BCUT2D eigenvalue weighted by Gasteiger charge is 2.58. The molecule has 19 unspecified atom stereocenters. The van der Waals surface area contributed by atoms with Crippen molar-refractivity contribution in [3.63, 3.8) is 0 Å². The Morgan fingerprint density at radius 1 is 0.457 bits per heavy atom. The Hall–Kier alpha value is -0.840. The van der Waals surface area contributed by atoms with E-state index in [2.05, 4.69) is 0 Å². The van der Waals surface area contributed by atoms with Gasteiger partial charge >= 0.3 is 0 Å². The van der Waals surface area contributed by atoms with Gasteiger partial charge in [0.1, 0.15) is 98.2 Å². The van der Waals surface area contributed by atoms with Crippen LogP contribution >= 0.6 is 0 Å². The highest BCUT2D eigenvalue weighted by Crippen LogP contribution is 2.36. The van der Waals surface area contributed by atoms with Gasteiger partial charge in [-0.3, -0.25) is 0 Å². The number of aliphatic hydroxyl groups excluding tert-OH is 14. The van der Waals surface area contributed by atoms with Crippen LogP contribution < -0.4 is 0 Å². The van der Waals surface area contributed by atoms with Gasteiger partial charge in [0, 0.05) is 0 Å². The van der Waals surface area contributed by atoms with Gasteiger partial charge in [-0.2, -0.15) is 0 Å². The SMILES string of the molecule is C.OCC1OC(OCC2OC(OCC3OC(OC4(CO)OC(CO)C(O)C4O)C(O)C(O)C3O)C(O)C(O)C2O)C(O)C(O)C1O. The first kappa shape index (κ1) is 39.6. The molecule has 0 radical (unpaired) electrons. The summed E-state index contributed by atoms with van der Waals surface area (Å²) in [6, 6.07) is 0. The Bertz CT molecular complexity index is 932. The lowest BCUT2D eigenvalue weighted by atomic mass is 9.98. The third kappa shape index (κ3) is 7.65. The third-order valence-electron chi connectivity index (χ3n) is 8.26. The van der Waals surface area contributed by atoms with Crippen LogP contribution in [-0.2, 0) is 33.2 Å². The zero-order chi connectivity index (χ0) is 33.4. The summed E-state index contributed by atoms with van der Waals surface area (Å²) in [5.41, 5.74) is 0. The molecule has 0 saturated carbocycles. The molecule has 0 aromatic heterocycles. The van der Waals surface area contributed by atoms with E-state index in [1.54, 1.807) is 0 Å². The Balaban J connectivity index is 0.00000576. The second-order valence-electron chi connectivity index (χ2n) is 11.3. The molecule has 272 valence electrons. The summed E-state index contributed by atoms with van der Waals surface area (Å²) in [4.78, 5) is 0. The average Bonchev–Trinajstić information content (AvgIpc) is 3.28. The maximum absolute atomic E-state index is 10.5. The van der Waals surface area contributed by atoms with Crippen LogP contribution in [0.2, 0.25) is 0 Å². The molecule has 19 atom stereocenters. The highest BCUT2D eigenvalue weighted by molar-refractivity contribution is 4.99. The highest BCUT2D eigenvalue weighted by atomic mass is 16.8. The quantitative estimate of drug-likeness (QED) is 0.0961. The summed E-state index contributed by atoms with van der Waals surface area (Å²) < 4.78 is 37.6. The normalized spacial score (nSPS) is 51.5. The van der Waals surface area contributed by atoms with Gasteiger partial charge in [0.15, 0.2) is 18.9 Å². The molecule has 4 saturated heterocycles. The molecule has 46 heavy (non-hydrogen) atoms. The summed E-state index contributed by atoms with van der Waals surface area (Å²) in [7, 11) is 0. The van der Waals surface area contributed by atoms with Crippen LogP contribution in [0.5, 0.6) is 0 Å². The molecule has 4 aliphatic rings. The van der Waals surface area contributed by atoms with Crippen LogP contribution in [0, 0.1) is 0 Å². The Morgan fingerprint density at radius 2 is 0.848 bits per heavy atom. The van der Waals surface area contributed by atoms with Crippen molar-refractivity contribution in [3.8, 4) is 0 Å². The van der Waals surface area contributed by atoms with Crippen LogP contribution in [0.4, 0.5) is 0 Å². The largest absolute Gasteiger partial charge is 0.394 e. The van der Waals surface area contributed by atoms with Crippen molar-refractivity contribution in [1.82, 2.24) is 0 Å². The summed E-state index contributed by atoms with van der Waals surface area (Å²) in [5.74, 6) is -2.43. The maximum atomic E-state index is 10.5. The van der Waals surface area contributed by atoms with Gasteiger partial charge in [0.05, 0.1) is 26.4 Å².